The number of morpholine rings is 1. The molecule has 0 radical (unpaired) electrons. The average Bonchev–Trinajstić information content (AvgIpc) is 3.07. The molecule has 0 atom stereocenters. The highest BCUT2D eigenvalue weighted by Gasteiger charge is 2.28. The van der Waals surface area contributed by atoms with Gasteiger partial charge in [-0.05, 0) is 44.4 Å². The van der Waals surface area contributed by atoms with Crippen LogP contribution in [0.2, 0.25) is 0 Å². The first kappa shape index (κ1) is 23.0. The van der Waals surface area contributed by atoms with Crippen molar-refractivity contribution in [1.82, 2.24) is 20.5 Å². The number of halogens is 1. The minimum Gasteiger partial charge on any atom is -0.379 e. The highest BCUT2D eigenvalue weighted by molar-refractivity contribution is 14.0. The Morgan fingerprint density at radius 3 is 2.71 bits per heavy atom. The SMILES string of the molecule is CN=C(NCCc1c[nH]c2cc(C)ccc12)NCC(C)(C)N1CCOCC1.I. The lowest BCUT2D eigenvalue weighted by Crippen LogP contribution is -2.56. The van der Waals surface area contributed by atoms with Crippen LogP contribution in [0, 0.1) is 6.92 Å². The molecule has 1 aromatic heterocycles. The summed E-state index contributed by atoms with van der Waals surface area (Å²) < 4.78 is 5.47. The van der Waals surface area contributed by atoms with Crippen LogP contribution < -0.4 is 10.6 Å². The predicted octanol–water partition coefficient (Wildman–Crippen LogP) is 2.91. The summed E-state index contributed by atoms with van der Waals surface area (Å²) in [6.45, 7) is 12.0. The van der Waals surface area contributed by atoms with Crippen molar-refractivity contribution >= 4 is 40.8 Å². The van der Waals surface area contributed by atoms with Gasteiger partial charge in [-0.1, -0.05) is 12.1 Å². The van der Waals surface area contributed by atoms with Gasteiger partial charge in [0.15, 0.2) is 5.96 Å². The van der Waals surface area contributed by atoms with Crippen molar-refractivity contribution in [2.75, 3.05) is 46.4 Å². The van der Waals surface area contributed by atoms with E-state index in [0.29, 0.717) is 0 Å². The molecule has 0 saturated carbocycles. The number of hydrogen-bond acceptors (Lipinski definition) is 3. The topological polar surface area (TPSA) is 64.7 Å². The van der Waals surface area contributed by atoms with Crippen LogP contribution in [-0.4, -0.2) is 67.8 Å². The Bertz CT molecular complexity index is 780. The summed E-state index contributed by atoms with van der Waals surface area (Å²) >= 11 is 0. The van der Waals surface area contributed by atoms with E-state index in [4.69, 9.17) is 4.74 Å². The maximum atomic E-state index is 5.47. The average molecular weight is 499 g/mol. The predicted molar refractivity (Wildman–Crippen MR) is 128 cm³/mol. The number of aliphatic imine (C=N–C) groups is 1. The molecule has 1 aliphatic heterocycles. The summed E-state index contributed by atoms with van der Waals surface area (Å²) in [4.78, 5) is 10.2. The third kappa shape index (κ3) is 5.84. The first-order chi connectivity index (χ1) is 13.0. The van der Waals surface area contributed by atoms with Gasteiger partial charge in [-0.3, -0.25) is 9.89 Å². The fourth-order valence-corrected chi connectivity index (χ4v) is 3.62. The van der Waals surface area contributed by atoms with Gasteiger partial charge in [0.1, 0.15) is 0 Å². The lowest BCUT2D eigenvalue weighted by Gasteiger charge is -2.41. The van der Waals surface area contributed by atoms with E-state index in [-0.39, 0.29) is 29.5 Å². The summed E-state index contributed by atoms with van der Waals surface area (Å²) in [5.41, 5.74) is 3.89. The first-order valence-electron chi connectivity index (χ1n) is 9.83. The standard InChI is InChI=1S/C21H33N5O.HI/c1-16-5-6-18-17(14-24-19(18)13-16)7-8-23-20(22-4)25-15-21(2,3)26-9-11-27-12-10-26;/h5-6,13-14,24H,7-12,15H2,1-4H3,(H2,22,23,25);1H. The second-order valence-electron chi connectivity index (χ2n) is 7.88. The number of nitrogens with one attached hydrogen (secondary N) is 3. The van der Waals surface area contributed by atoms with Crippen LogP contribution in [0.1, 0.15) is 25.0 Å². The number of fused-ring (bicyclic) bond motifs is 1. The van der Waals surface area contributed by atoms with Crippen molar-refractivity contribution in [3.8, 4) is 0 Å². The van der Waals surface area contributed by atoms with Crippen LogP contribution in [0.3, 0.4) is 0 Å². The Hall–Kier alpha value is -1.32. The summed E-state index contributed by atoms with van der Waals surface area (Å²) in [6.07, 6.45) is 3.07. The molecule has 1 saturated heterocycles. The molecule has 0 unspecified atom stereocenters. The first-order valence-corrected chi connectivity index (χ1v) is 9.83. The molecular weight excluding hydrogens is 465 g/mol. The van der Waals surface area contributed by atoms with Crippen molar-refractivity contribution in [3.63, 3.8) is 0 Å². The van der Waals surface area contributed by atoms with Gasteiger partial charge in [0, 0.05) is 55.9 Å². The molecule has 2 heterocycles. The summed E-state index contributed by atoms with van der Waals surface area (Å²) in [6, 6.07) is 6.57. The van der Waals surface area contributed by atoms with Crippen molar-refractivity contribution in [1.29, 1.82) is 0 Å². The zero-order chi connectivity index (χ0) is 19.3. The second kappa shape index (κ2) is 10.5. The Kier molecular flexibility index (Phi) is 8.57. The number of aromatic nitrogens is 1. The molecule has 1 aromatic carbocycles. The summed E-state index contributed by atoms with van der Waals surface area (Å²) in [5.74, 6) is 0.854. The molecule has 3 rings (SSSR count). The van der Waals surface area contributed by atoms with E-state index >= 15 is 0 Å². The minimum absolute atomic E-state index is 0. The number of rotatable bonds is 6. The third-order valence-corrected chi connectivity index (χ3v) is 5.39. The third-order valence-electron chi connectivity index (χ3n) is 5.39. The van der Waals surface area contributed by atoms with Crippen molar-refractivity contribution in [2.45, 2.75) is 32.7 Å². The van der Waals surface area contributed by atoms with E-state index < -0.39 is 0 Å². The van der Waals surface area contributed by atoms with Crippen molar-refractivity contribution < 1.29 is 4.74 Å². The van der Waals surface area contributed by atoms with Crippen LogP contribution >= 0.6 is 24.0 Å². The molecule has 0 aliphatic carbocycles. The summed E-state index contributed by atoms with van der Waals surface area (Å²) in [7, 11) is 1.82. The Morgan fingerprint density at radius 1 is 1.25 bits per heavy atom. The van der Waals surface area contributed by atoms with Gasteiger partial charge < -0.3 is 20.4 Å². The van der Waals surface area contributed by atoms with Crippen LogP contribution in [0.4, 0.5) is 0 Å². The van der Waals surface area contributed by atoms with Gasteiger partial charge in [-0.2, -0.15) is 0 Å². The van der Waals surface area contributed by atoms with E-state index in [2.05, 4.69) is 70.7 Å². The molecule has 156 valence electrons. The van der Waals surface area contributed by atoms with E-state index in [1.807, 2.05) is 7.05 Å². The Morgan fingerprint density at radius 2 is 2.00 bits per heavy atom. The quantitative estimate of drug-likeness (QED) is 0.325. The monoisotopic (exact) mass is 499 g/mol. The van der Waals surface area contributed by atoms with Crippen LogP contribution in [0.25, 0.3) is 10.9 Å². The number of hydrogen-bond donors (Lipinski definition) is 3. The smallest absolute Gasteiger partial charge is 0.191 e. The molecule has 7 heteroatoms. The maximum Gasteiger partial charge on any atom is 0.191 e. The van der Waals surface area contributed by atoms with Crippen LogP contribution in [0.15, 0.2) is 29.4 Å². The van der Waals surface area contributed by atoms with E-state index in [1.165, 1.54) is 22.0 Å². The van der Waals surface area contributed by atoms with Crippen LogP contribution in [0.5, 0.6) is 0 Å². The largest absolute Gasteiger partial charge is 0.379 e. The van der Waals surface area contributed by atoms with E-state index in [9.17, 15) is 0 Å². The summed E-state index contributed by atoms with van der Waals surface area (Å²) in [5, 5.41) is 8.23. The van der Waals surface area contributed by atoms with Gasteiger partial charge in [0.05, 0.1) is 13.2 Å². The Labute approximate surface area is 185 Å². The van der Waals surface area contributed by atoms with Crippen molar-refractivity contribution in [2.24, 2.45) is 4.99 Å². The number of aryl methyl sites for hydroxylation is 1. The molecule has 1 fully saturated rings. The number of aromatic amines is 1. The zero-order valence-corrected chi connectivity index (χ0v) is 19.8. The number of H-pyrrole nitrogens is 1. The van der Waals surface area contributed by atoms with E-state index in [0.717, 1.165) is 51.8 Å². The number of ether oxygens (including phenoxy) is 1. The van der Waals surface area contributed by atoms with Crippen molar-refractivity contribution in [3.05, 3.63) is 35.5 Å². The molecule has 2 aromatic rings. The van der Waals surface area contributed by atoms with Gasteiger partial charge in [-0.15, -0.1) is 24.0 Å². The zero-order valence-electron chi connectivity index (χ0n) is 17.5. The molecule has 0 bridgehead atoms. The molecule has 0 amide bonds. The lowest BCUT2D eigenvalue weighted by molar-refractivity contribution is -0.00833. The highest BCUT2D eigenvalue weighted by atomic mass is 127. The van der Waals surface area contributed by atoms with Crippen LogP contribution in [-0.2, 0) is 11.2 Å². The molecule has 3 N–H and O–H groups in total. The Balaban J connectivity index is 0.00000280. The van der Waals surface area contributed by atoms with Gasteiger partial charge in [0.2, 0.25) is 0 Å². The number of nitrogens with zero attached hydrogens (tertiary/aromatic N) is 2. The molecule has 1 aliphatic rings. The van der Waals surface area contributed by atoms with E-state index in [1.54, 1.807) is 0 Å². The fraction of sp³-hybridized carbons (Fsp3) is 0.571. The molecule has 6 nitrogen and oxygen atoms in total. The highest BCUT2D eigenvalue weighted by Crippen LogP contribution is 2.19. The van der Waals surface area contributed by atoms with Gasteiger partial charge in [-0.25, -0.2) is 0 Å². The molecule has 0 spiro atoms. The van der Waals surface area contributed by atoms with Gasteiger partial charge in [0.25, 0.3) is 0 Å². The molecular formula is C21H34IN5O. The maximum absolute atomic E-state index is 5.47. The number of benzene rings is 1. The fourth-order valence-electron chi connectivity index (χ4n) is 3.62. The normalized spacial score (nSPS) is 16.1. The minimum atomic E-state index is 0. The van der Waals surface area contributed by atoms with Gasteiger partial charge >= 0.3 is 0 Å². The second-order valence-corrected chi connectivity index (χ2v) is 7.88. The number of guanidine groups is 1. The molecule has 28 heavy (non-hydrogen) atoms. The lowest BCUT2D eigenvalue weighted by atomic mass is 10.0.